The van der Waals surface area contributed by atoms with Crippen LogP contribution in [0.3, 0.4) is 0 Å². The molecule has 0 aromatic rings. The number of halogens is 1. The number of nitrogens with one attached hydrogen (secondary N) is 1. The van der Waals surface area contributed by atoms with E-state index in [0.29, 0.717) is 38.2 Å². The predicted octanol–water partition coefficient (Wildman–Crippen LogP) is -0.0413. The summed E-state index contributed by atoms with van der Waals surface area (Å²) in [6.45, 7) is 0.725. The minimum atomic E-state index is -3.30. The Morgan fingerprint density at radius 2 is 1.78 bits per heavy atom. The standard InChI is InChI=1S/C9H19ClN2O4S2/c1-17(13,14)12-6-3-9(4-7-12)11-18(15,16)8-2-5-10/h9,11H,2-8H2,1H3. The Hall–Kier alpha value is 0.110. The largest absolute Gasteiger partial charge is 0.213 e. The lowest BCUT2D eigenvalue weighted by Crippen LogP contribution is -2.46. The van der Waals surface area contributed by atoms with Gasteiger partial charge in [-0.05, 0) is 19.3 Å². The number of hydrogen-bond acceptors (Lipinski definition) is 4. The van der Waals surface area contributed by atoms with Gasteiger partial charge in [0.25, 0.3) is 0 Å². The molecule has 0 unspecified atom stereocenters. The van der Waals surface area contributed by atoms with Crippen molar-refractivity contribution in [2.24, 2.45) is 0 Å². The number of sulfonamides is 2. The molecule has 1 aliphatic heterocycles. The first-order valence-corrected chi connectivity index (χ1v) is 9.79. The van der Waals surface area contributed by atoms with Crippen molar-refractivity contribution in [2.45, 2.75) is 25.3 Å². The van der Waals surface area contributed by atoms with Gasteiger partial charge in [-0.1, -0.05) is 0 Å². The summed E-state index contributed by atoms with van der Waals surface area (Å²) in [5.74, 6) is 0.330. The van der Waals surface area contributed by atoms with Crippen LogP contribution in [0.5, 0.6) is 0 Å². The van der Waals surface area contributed by atoms with Crippen LogP contribution in [-0.4, -0.2) is 58.2 Å². The summed E-state index contributed by atoms with van der Waals surface area (Å²) in [6.07, 6.45) is 2.59. The van der Waals surface area contributed by atoms with E-state index < -0.39 is 20.0 Å². The summed E-state index contributed by atoms with van der Waals surface area (Å²) in [4.78, 5) is 0. The zero-order valence-electron chi connectivity index (χ0n) is 10.3. The van der Waals surface area contributed by atoms with Gasteiger partial charge in [-0.15, -0.1) is 11.6 Å². The van der Waals surface area contributed by atoms with Gasteiger partial charge in [0.2, 0.25) is 20.0 Å². The molecule has 0 saturated carbocycles. The highest BCUT2D eigenvalue weighted by Crippen LogP contribution is 2.14. The Kier molecular flexibility index (Phi) is 5.85. The molecule has 0 bridgehead atoms. The Morgan fingerprint density at radius 1 is 1.22 bits per heavy atom. The maximum atomic E-state index is 11.6. The lowest BCUT2D eigenvalue weighted by molar-refractivity contribution is 0.310. The molecule has 18 heavy (non-hydrogen) atoms. The number of hydrogen-bond donors (Lipinski definition) is 1. The second-order valence-electron chi connectivity index (χ2n) is 4.42. The van der Waals surface area contributed by atoms with Gasteiger partial charge in [0.05, 0.1) is 12.0 Å². The molecule has 0 radical (unpaired) electrons. The van der Waals surface area contributed by atoms with Gasteiger partial charge in [-0.2, -0.15) is 0 Å². The fourth-order valence-corrected chi connectivity index (χ4v) is 4.41. The van der Waals surface area contributed by atoms with E-state index in [4.69, 9.17) is 11.6 Å². The van der Waals surface area contributed by atoms with E-state index in [0.717, 1.165) is 6.26 Å². The number of rotatable bonds is 6. The molecule has 108 valence electrons. The van der Waals surface area contributed by atoms with Crippen molar-refractivity contribution in [1.82, 2.24) is 9.03 Å². The third kappa shape index (κ3) is 5.40. The molecule has 6 nitrogen and oxygen atoms in total. The molecule has 0 aromatic heterocycles. The molecule has 1 aliphatic rings. The number of alkyl halides is 1. The topological polar surface area (TPSA) is 83.6 Å². The van der Waals surface area contributed by atoms with E-state index in [2.05, 4.69) is 4.72 Å². The summed E-state index contributed by atoms with van der Waals surface area (Å²) in [6, 6.07) is -0.177. The van der Waals surface area contributed by atoms with E-state index in [9.17, 15) is 16.8 Å². The SMILES string of the molecule is CS(=O)(=O)N1CCC(NS(=O)(=O)CCCCl)CC1. The molecule has 0 aliphatic carbocycles. The number of piperidine rings is 1. The van der Waals surface area contributed by atoms with Crippen molar-refractivity contribution >= 4 is 31.6 Å². The van der Waals surface area contributed by atoms with Crippen molar-refractivity contribution in [3.8, 4) is 0 Å². The minimum absolute atomic E-state index is 0.0167. The van der Waals surface area contributed by atoms with Crippen LogP contribution in [-0.2, 0) is 20.0 Å². The van der Waals surface area contributed by atoms with E-state index >= 15 is 0 Å². The van der Waals surface area contributed by atoms with Crippen molar-refractivity contribution in [3.05, 3.63) is 0 Å². The summed E-state index contributed by atoms with van der Waals surface area (Å²) < 4.78 is 49.8. The molecular formula is C9H19ClN2O4S2. The van der Waals surface area contributed by atoms with Gasteiger partial charge < -0.3 is 0 Å². The van der Waals surface area contributed by atoms with Crippen LogP contribution in [0.2, 0.25) is 0 Å². The van der Waals surface area contributed by atoms with E-state index in [-0.39, 0.29) is 11.8 Å². The monoisotopic (exact) mass is 318 g/mol. The molecule has 1 heterocycles. The Balaban J connectivity index is 2.45. The Morgan fingerprint density at radius 3 is 2.22 bits per heavy atom. The third-order valence-corrected chi connectivity index (χ3v) is 5.90. The zero-order chi connectivity index (χ0) is 13.8. The van der Waals surface area contributed by atoms with E-state index in [1.807, 2.05) is 0 Å². The normalized spacial score (nSPS) is 20.1. The van der Waals surface area contributed by atoms with E-state index in [1.165, 1.54) is 4.31 Å². The average Bonchev–Trinajstić information content (AvgIpc) is 2.25. The Bertz CT molecular complexity index is 455. The second-order valence-corrected chi connectivity index (χ2v) is 8.65. The number of nitrogens with zero attached hydrogens (tertiary/aromatic N) is 1. The zero-order valence-corrected chi connectivity index (χ0v) is 12.7. The first kappa shape index (κ1) is 16.2. The van der Waals surface area contributed by atoms with Crippen LogP contribution < -0.4 is 4.72 Å². The maximum absolute atomic E-state index is 11.6. The maximum Gasteiger partial charge on any atom is 0.211 e. The van der Waals surface area contributed by atoms with Gasteiger partial charge in [-0.3, -0.25) is 0 Å². The third-order valence-electron chi connectivity index (χ3n) is 2.82. The van der Waals surface area contributed by atoms with Crippen molar-refractivity contribution in [1.29, 1.82) is 0 Å². The second kappa shape index (κ2) is 6.51. The molecule has 1 saturated heterocycles. The molecule has 9 heteroatoms. The van der Waals surface area contributed by atoms with Crippen molar-refractivity contribution in [2.75, 3.05) is 31.0 Å². The van der Waals surface area contributed by atoms with Crippen LogP contribution in [0.4, 0.5) is 0 Å². The summed E-state index contributed by atoms with van der Waals surface area (Å²) in [5, 5.41) is 0. The van der Waals surface area contributed by atoms with Crippen LogP contribution in [0.1, 0.15) is 19.3 Å². The molecule has 1 N–H and O–H groups in total. The molecule has 0 aromatic carbocycles. The highest BCUT2D eigenvalue weighted by molar-refractivity contribution is 7.89. The molecule has 1 fully saturated rings. The van der Waals surface area contributed by atoms with Crippen LogP contribution >= 0.6 is 11.6 Å². The fourth-order valence-electron chi connectivity index (χ4n) is 1.86. The lowest BCUT2D eigenvalue weighted by atomic mass is 10.1. The smallest absolute Gasteiger partial charge is 0.211 e. The Labute approximate surface area is 114 Å². The van der Waals surface area contributed by atoms with Gasteiger partial charge in [0, 0.05) is 25.0 Å². The van der Waals surface area contributed by atoms with Crippen LogP contribution in [0.15, 0.2) is 0 Å². The molecule has 0 atom stereocenters. The predicted molar refractivity (Wildman–Crippen MR) is 71.7 cm³/mol. The molecule has 0 spiro atoms. The summed E-state index contributed by atoms with van der Waals surface area (Å²) >= 11 is 5.45. The van der Waals surface area contributed by atoms with Gasteiger partial charge >= 0.3 is 0 Å². The quantitative estimate of drug-likeness (QED) is 0.696. The van der Waals surface area contributed by atoms with E-state index in [1.54, 1.807) is 0 Å². The highest BCUT2D eigenvalue weighted by Gasteiger charge is 2.27. The average molecular weight is 319 g/mol. The van der Waals surface area contributed by atoms with Gasteiger partial charge in [0.15, 0.2) is 0 Å². The minimum Gasteiger partial charge on any atom is -0.213 e. The van der Waals surface area contributed by atoms with Gasteiger partial charge in [0.1, 0.15) is 0 Å². The lowest BCUT2D eigenvalue weighted by Gasteiger charge is -2.30. The highest BCUT2D eigenvalue weighted by atomic mass is 35.5. The first-order valence-electron chi connectivity index (χ1n) is 5.76. The van der Waals surface area contributed by atoms with Gasteiger partial charge in [-0.25, -0.2) is 25.9 Å². The summed E-state index contributed by atoms with van der Waals surface area (Å²) in [5.41, 5.74) is 0. The van der Waals surface area contributed by atoms with Crippen LogP contribution in [0, 0.1) is 0 Å². The van der Waals surface area contributed by atoms with Crippen LogP contribution in [0.25, 0.3) is 0 Å². The molecule has 1 rings (SSSR count). The first-order chi connectivity index (χ1) is 8.24. The molecular weight excluding hydrogens is 300 g/mol. The fraction of sp³-hybridized carbons (Fsp3) is 1.00. The molecule has 0 amide bonds. The van der Waals surface area contributed by atoms with Crippen molar-refractivity contribution < 1.29 is 16.8 Å². The summed E-state index contributed by atoms with van der Waals surface area (Å²) in [7, 11) is -6.47. The van der Waals surface area contributed by atoms with Crippen molar-refractivity contribution in [3.63, 3.8) is 0 Å².